The number of benzene rings is 1. The molecule has 6 heteroatoms. The summed E-state index contributed by atoms with van der Waals surface area (Å²) in [5.41, 5.74) is 4.71. The molecule has 1 saturated heterocycles. The Hall–Kier alpha value is -2.54. The minimum atomic E-state index is -0.272. The van der Waals surface area contributed by atoms with E-state index in [2.05, 4.69) is 20.6 Å². The number of aromatic nitrogens is 2. The summed E-state index contributed by atoms with van der Waals surface area (Å²) in [6.07, 6.45) is 5.60. The molecule has 146 valence electrons. The summed E-state index contributed by atoms with van der Waals surface area (Å²) in [7, 11) is 0. The molecule has 3 aromatic rings. The lowest BCUT2D eigenvalue weighted by atomic mass is 9.97. The lowest BCUT2D eigenvalue weighted by molar-refractivity contribution is 0.0362. The highest BCUT2D eigenvalue weighted by Gasteiger charge is 2.19. The molecule has 0 saturated carbocycles. The fraction of sp³-hybridized carbons (Fsp3) is 0.318. The van der Waals surface area contributed by atoms with Crippen LogP contribution in [0.4, 0.5) is 4.39 Å². The van der Waals surface area contributed by atoms with Gasteiger partial charge in [0.15, 0.2) is 0 Å². The number of aliphatic hydroxyl groups is 1. The van der Waals surface area contributed by atoms with Crippen LogP contribution in [0.25, 0.3) is 22.3 Å². The van der Waals surface area contributed by atoms with E-state index in [0.717, 1.165) is 67.3 Å². The molecule has 1 N–H and O–H groups in total. The van der Waals surface area contributed by atoms with Crippen LogP contribution in [0.1, 0.15) is 5.69 Å². The molecular weight excluding hydrogens is 357 g/mol. The van der Waals surface area contributed by atoms with Gasteiger partial charge in [0.1, 0.15) is 5.82 Å². The second-order valence-corrected chi connectivity index (χ2v) is 6.91. The van der Waals surface area contributed by atoms with E-state index < -0.39 is 0 Å². The van der Waals surface area contributed by atoms with E-state index in [-0.39, 0.29) is 12.4 Å². The van der Waals surface area contributed by atoms with Gasteiger partial charge in [-0.3, -0.25) is 9.88 Å². The van der Waals surface area contributed by atoms with E-state index >= 15 is 0 Å². The van der Waals surface area contributed by atoms with E-state index in [1.54, 1.807) is 24.5 Å². The maximum atomic E-state index is 13.5. The highest BCUT2D eigenvalue weighted by molar-refractivity contribution is 5.85. The fourth-order valence-corrected chi connectivity index (χ4v) is 3.73. The number of hydrogen-bond donors (Lipinski definition) is 1. The Morgan fingerprint density at radius 1 is 0.964 bits per heavy atom. The lowest BCUT2D eigenvalue weighted by Gasteiger charge is -2.26. The molecule has 1 aliphatic rings. The maximum absolute atomic E-state index is 13.5. The van der Waals surface area contributed by atoms with Gasteiger partial charge in [0.05, 0.1) is 25.5 Å². The number of aliphatic hydroxyl groups excluding tert-OH is 1. The molecule has 3 heterocycles. The van der Waals surface area contributed by atoms with E-state index in [1.807, 2.05) is 12.1 Å². The van der Waals surface area contributed by atoms with Crippen molar-refractivity contribution < 1.29 is 14.2 Å². The second-order valence-electron chi connectivity index (χ2n) is 6.91. The summed E-state index contributed by atoms with van der Waals surface area (Å²) >= 11 is 0. The van der Waals surface area contributed by atoms with Crippen LogP contribution in [-0.2, 0) is 17.9 Å². The van der Waals surface area contributed by atoms with Gasteiger partial charge in [-0.25, -0.2) is 4.39 Å². The highest BCUT2D eigenvalue weighted by atomic mass is 19.1. The summed E-state index contributed by atoms with van der Waals surface area (Å²) < 4.78 is 21.0. The van der Waals surface area contributed by atoms with Gasteiger partial charge in [0.2, 0.25) is 0 Å². The van der Waals surface area contributed by atoms with Crippen LogP contribution in [0.2, 0.25) is 0 Å². The zero-order valence-electron chi connectivity index (χ0n) is 15.7. The third-order valence-corrected chi connectivity index (χ3v) is 5.22. The monoisotopic (exact) mass is 381 g/mol. The van der Waals surface area contributed by atoms with E-state index in [1.165, 1.54) is 12.1 Å². The number of nitrogens with zero attached hydrogens (tertiary/aromatic N) is 3. The van der Waals surface area contributed by atoms with Crippen molar-refractivity contribution in [3.05, 3.63) is 66.5 Å². The number of hydrogen-bond acceptors (Lipinski definition) is 4. The van der Waals surface area contributed by atoms with Crippen molar-refractivity contribution in [2.45, 2.75) is 13.2 Å². The summed E-state index contributed by atoms with van der Waals surface area (Å²) in [5.74, 6) is -0.272. The average Bonchev–Trinajstić information content (AvgIpc) is 3.13. The van der Waals surface area contributed by atoms with Crippen LogP contribution in [0.15, 0.2) is 55.0 Å². The van der Waals surface area contributed by atoms with Crippen LogP contribution in [0, 0.1) is 5.82 Å². The molecule has 28 heavy (non-hydrogen) atoms. The molecule has 1 aliphatic heterocycles. The van der Waals surface area contributed by atoms with Gasteiger partial charge >= 0.3 is 0 Å². The Morgan fingerprint density at radius 2 is 1.68 bits per heavy atom. The first-order valence-corrected chi connectivity index (χ1v) is 9.55. The minimum absolute atomic E-state index is 0.0824. The first kappa shape index (κ1) is 18.8. The molecule has 0 spiro atoms. The molecular formula is C22H24FN3O2. The highest BCUT2D eigenvalue weighted by Crippen LogP contribution is 2.36. The van der Waals surface area contributed by atoms with Crippen LogP contribution in [0.3, 0.4) is 0 Å². The maximum Gasteiger partial charge on any atom is 0.123 e. The lowest BCUT2D eigenvalue weighted by Crippen LogP contribution is -2.38. The normalized spacial score (nSPS) is 15.1. The first-order valence-electron chi connectivity index (χ1n) is 9.55. The van der Waals surface area contributed by atoms with Crippen molar-refractivity contribution in [2.24, 2.45) is 0 Å². The predicted molar refractivity (Wildman–Crippen MR) is 106 cm³/mol. The van der Waals surface area contributed by atoms with Crippen molar-refractivity contribution in [1.29, 1.82) is 0 Å². The third kappa shape index (κ3) is 3.99. The van der Waals surface area contributed by atoms with Crippen molar-refractivity contribution >= 4 is 0 Å². The molecule has 0 radical (unpaired) electrons. The Morgan fingerprint density at radius 3 is 2.36 bits per heavy atom. The average molecular weight is 381 g/mol. The van der Waals surface area contributed by atoms with Gasteiger partial charge in [0.25, 0.3) is 0 Å². The summed E-state index contributed by atoms with van der Waals surface area (Å²) in [5, 5.41) is 10.2. The van der Waals surface area contributed by atoms with Gasteiger partial charge < -0.3 is 14.4 Å². The standard InChI is InChI=1S/C22H24FN3O2/c23-19-3-1-18(2-4-19)22-20(17-5-7-24-8-6-17)15-26(21(22)16-27)10-9-25-11-13-28-14-12-25/h1-8,15,27H,9-14,16H2. The summed E-state index contributed by atoms with van der Waals surface area (Å²) in [6, 6.07) is 10.4. The zero-order chi connectivity index (χ0) is 19.3. The van der Waals surface area contributed by atoms with Crippen molar-refractivity contribution in [1.82, 2.24) is 14.5 Å². The number of halogens is 1. The Kier molecular flexibility index (Phi) is 5.81. The third-order valence-electron chi connectivity index (χ3n) is 5.22. The number of pyridine rings is 1. The molecule has 5 nitrogen and oxygen atoms in total. The second kappa shape index (κ2) is 8.65. The Bertz CT molecular complexity index is 904. The molecule has 2 aromatic heterocycles. The van der Waals surface area contributed by atoms with Crippen LogP contribution in [-0.4, -0.2) is 52.4 Å². The summed E-state index contributed by atoms with van der Waals surface area (Å²) in [4.78, 5) is 6.48. The molecule has 1 fully saturated rings. The topological polar surface area (TPSA) is 50.5 Å². The number of ether oxygens (including phenoxy) is 1. The number of rotatable bonds is 6. The molecule has 0 bridgehead atoms. The van der Waals surface area contributed by atoms with Gasteiger partial charge in [-0.05, 0) is 35.4 Å². The fourth-order valence-electron chi connectivity index (χ4n) is 3.73. The van der Waals surface area contributed by atoms with E-state index in [0.29, 0.717) is 0 Å². The van der Waals surface area contributed by atoms with Gasteiger partial charge in [-0.1, -0.05) is 12.1 Å². The Balaban J connectivity index is 1.73. The number of morpholine rings is 1. The van der Waals surface area contributed by atoms with Crippen LogP contribution in [0.5, 0.6) is 0 Å². The minimum Gasteiger partial charge on any atom is -0.390 e. The molecule has 4 rings (SSSR count). The van der Waals surface area contributed by atoms with E-state index in [9.17, 15) is 9.50 Å². The zero-order valence-corrected chi connectivity index (χ0v) is 15.7. The molecule has 0 unspecified atom stereocenters. The SMILES string of the molecule is OCc1c(-c2ccc(F)cc2)c(-c2ccncc2)cn1CCN1CCOCC1. The molecule has 0 amide bonds. The van der Waals surface area contributed by atoms with E-state index in [4.69, 9.17) is 4.74 Å². The van der Waals surface area contributed by atoms with Gasteiger partial charge in [-0.2, -0.15) is 0 Å². The first-order chi connectivity index (χ1) is 13.8. The molecule has 0 aliphatic carbocycles. The van der Waals surface area contributed by atoms with Crippen molar-refractivity contribution in [3.8, 4) is 22.3 Å². The molecule has 0 atom stereocenters. The predicted octanol–water partition coefficient (Wildman–Crippen LogP) is 3.18. The van der Waals surface area contributed by atoms with Gasteiger partial charge in [-0.15, -0.1) is 0 Å². The Labute approximate surface area is 164 Å². The molecule has 1 aromatic carbocycles. The smallest absolute Gasteiger partial charge is 0.123 e. The van der Waals surface area contributed by atoms with Crippen molar-refractivity contribution in [3.63, 3.8) is 0 Å². The van der Waals surface area contributed by atoms with Gasteiger partial charge in [0, 0.05) is 55.9 Å². The van der Waals surface area contributed by atoms with Crippen molar-refractivity contribution in [2.75, 3.05) is 32.8 Å². The quantitative estimate of drug-likeness (QED) is 0.713. The van der Waals surface area contributed by atoms with Crippen LogP contribution >= 0.6 is 0 Å². The largest absolute Gasteiger partial charge is 0.390 e. The van der Waals surface area contributed by atoms with Crippen LogP contribution < -0.4 is 0 Å². The summed E-state index contributed by atoms with van der Waals surface area (Å²) in [6.45, 7) is 4.97.